The molecule has 20 heavy (non-hydrogen) atoms. The fraction of sp³-hybridized carbons (Fsp3) is 0.273. The van der Waals surface area contributed by atoms with Crippen LogP contribution in [-0.2, 0) is 0 Å². The van der Waals surface area contributed by atoms with Crippen LogP contribution in [0.4, 0.5) is 0 Å². The molecular weight excluding hydrogens is 280 g/mol. The fourth-order valence-electron chi connectivity index (χ4n) is 1.59. The van der Waals surface area contributed by atoms with Gasteiger partial charge in [0.15, 0.2) is 11.0 Å². The third-order valence-electron chi connectivity index (χ3n) is 2.50. The molecule has 2 aromatic heterocycles. The van der Waals surface area contributed by atoms with Crippen LogP contribution in [0.1, 0.15) is 25.6 Å². The topological polar surface area (TPSA) is 122 Å². The molecule has 0 radical (unpaired) electrons. The van der Waals surface area contributed by atoms with Crippen LogP contribution in [0.3, 0.4) is 0 Å². The SMILES string of the molecule is CC(C)n1c(Sc2ccnc(C(N)=NO)c2)n[nH]c1=O. The molecule has 2 aromatic rings. The summed E-state index contributed by atoms with van der Waals surface area (Å²) < 4.78 is 1.55. The van der Waals surface area contributed by atoms with Crippen LogP contribution in [0.2, 0.25) is 0 Å². The molecule has 0 saturated carbocycles. The Morgan fingerprint density at radius 3 is 3.00 bits per heavy atom. The number of rotatable bonds is 4. The quantitative estimate of drug-likeness (QED) is 0.332. The third-order valence-corrected chi connectivity index (χ3v) is 3.46. The summed E-state index contributed by atoms with van der Waals surface area (Å²) in [6.45, 7) is 3.80. The summed E-state index contributed by atoms with van der Waals surface area (Å²) in [5.74, 6) is -0.0734. The normalized spacial score (nSPS) is 12.1. The van der Waals surface area contributed by atoms with Crippen molar-refractivity contribution in [3.8, 4) is 0 Å². The summed E-state index contributed by atoms with van der Waals surface area (Å²) in [5.41, 5.74) is 5.59. The van der Waals surface area contributed by atoms with Crippen LogP contribution in [0.5, 0.6) is 0 Å². The van der Waals surface area contributed by atoms with E-state index in [0.29, 0.717) is 10.9 Å². The molecule has 2 heterocycles. The minimum atomic E-state index is -0.256. The van der Waals surface area contributed by atoms with Gasteiger partial charge in [-0.2, -0.15) is 0 Å². The first-order valence-electron chi connectivity index (χ1n) is 5.81. The van der Waals surface area contributed by atoms with Crippen molar-refractivity contribution in [1.29, 1.82) is 0 Å². The van der Waals surface area contributed by atoms with Gasteiger partial charge in [-0.1, -0.05) is 5.16 Å². The zero-order valence-electron chi connectivity index (χ0n) is 10.9. The lowest BCUT2D eigenvalue weighted by atomic mass is 10.3. The Kier molecular flexibility index (Phi) is 4.08. The summed E-state index contributed by atoms with van der Waals surface area (Å²) in [4.78, 5) is 16.4. The van der Waals surface area contributed by atoms with Gasteiger partial charge in [0, 0.05) is 17.1 Å². The molecule has 4 N–H and O–H groups in total. The summed E-state index contributed by atoms with van der Waals surface area (Å²) >= 11 is 1.29. The number of H-pyrrole nitrogens is 1. The van der Waals surface area contributed by atoms with Crippen LogP contribution in [0.25, 0.3) is 0 Å². The van der Waals surface area contributed by atoms with E-state index in [0.717, 1.165) is 4.90 Å². The van der Waals surface area contributed by atoms with E-state index in [1.165, 1.54) is 11.8 Å². The number of pyridine rings is 1. The van der Waals surface area contributed by atoms with Crippen molar-refractivity contribution in [3.63, 3.8) is 0 Å². The molecule has 0 aliphatic rings. The van der Waals surface area contributed by atoms with Crippen molar-refractivity contribution in [2.45, 2.75) is 29.9 Å². The molecule has 2 rings (SSSR count). The molecular formula is C11H14N6O2S. The van der Waals surface area contributed by atoms with Gasteiger partial charge < -0.3 is 10.9 Å². The lowest BCUT2D eigenvalue weighted by Crippen LogP contribution is -2.19. The molecule has 0 bridgehead atoms. The number of nitrogens with zero attached hydrogens (tertiary/aromatic N) is 4. The van der Waals surface area contributed by atoms with Gasteiger partial charge in [0.1, 0.15) is 5.69 Å². The van der Waals surface area contributed by atoms with Gasteiger partial charge in [-0.15, -0.1) is 5.10 Å². The Bertz CT molecular complexity index is 690. The lowest BCUT2D eigenvalue weighted by molar-refractivity contribution is 0.318. The Morgan fingerprint density at radius 2 is 2.35 bits per heavy atom. The number of oxime groups is 1. The van der Waals surface area contributed by atoms with Gasteiger partial charge in [0.2, 0.25) is 0 Å². The Balaban J connectivity index is 2.34. The number of hydrogen-bond donors (Lipinski definition) is 3. The second-order valence-electron chi connectivity index (χ2n) is 4.24. The van der Waals surface area contributed by atoms with Crippen LogP contribution in [0, 0.1) is 0 Å². The third kappa shape index (κ3) is 2.82. The molecule has 0 fully saturated rings. The molecule has 0 spiro atoms. The Morgan fingerprint density at radius 1 is 1.60 bits per heavy atom. The largest absolute Gasteiger partial charge is 0.409 e. The van der Waals surface area contributed by atoms with E-state index in [-0.39, 0.29) is 17.6 Å². The minimum absolute atomic E-state index is 0.00543. The van der Waals surface area contributed by atoms with Crippen LogP contribution in [0.15, 0.2) is 38.3 Å². The highest BCUT2D eigenvalue weighted by atomic mass is 32.2. The molecule has 8 nitrogen and oxygen atoms in total. The summed E-state index contributed by atoms with van der Waals surface area (Å²) in [7, 11) is 0. The van der Waals surface area contributed by atoms with E-state index in [9.17, 15) is 4.79 Å². The highest BCUT2D eigenvalue weighted by Crippen LogP contribution is 2.26. The molecule has 9 heteroatoms. The van der Waals surface area contributed by atoms with E-state index < -0.39 is 0 Å². The Labute approximate surface area is 118 Å². The average molecular weight is 294 g/mol. The van der Waals surface area contributed by atoms with Crippen LogP contribution < -0.4 is 11.4 Å². The number of hydrogen-bond acceptors (Lipinski definition) is 6. The first-order chi connectivity index (χ1) is 9.52. The van der Waals surface area contributed by atoms with Gasteiger partial charge >= 0.3 is 5.69 Å². The van der Waals surface area contributed by atoms with Gasteiger partial charge in [-0.25, -0.2) is 9.89 Å². The number of nitrogens with one attached hydrogen (secondary N) is 1. The van der Waals surface area contributed by atoms with Crippen LogP contribution >= 0.6 is 11.8 Å². The zero-order valence-corrected chi connectivity index (χ0v) is 11.8. The second-order valence-corrected chi connectivity index (χ2v) is 5.28. The summed E-state index contributed by atoms with van der Waals surface area (Å²) in [6.07, 6.45) is 1.54. The predicted octanol–water partition coefficient (Wildman–Crippen LogP) is 0.793. The van der Waals surface area contributed by atoms with Crippen LogP contribution in [-0.4, -0.2) is 30.8 Å². The maximum absolute atomic E-state index is 11.6. The number of nitrogens with two attached hydrogens (primary N) is 1. The molecule has 106 valence electrons. The van der Waals surface area contributed by atoms with E-state index in [4.69, 9.17) is 10.9 Å². The second kappa shape index (κ2) is 5.78. The van der Waals surface area contributed by atoms with Gasteiger partial charge in [0.25, 0.3) is 0 Å². The molecule has 0 amide bonds. The molecule has 0 aromatic carbocycles. The molecule has 0 atom stereocenters. The van der Waals surface area contributed by atoms with E-state index in [1.807, 2.05) is 13.8 Å². The van der Waals surface area contributed by atoms with Gasteiger partial charge in [-0.05, 0) is 37.7 Å². The van der Waals surface area contributed by atoms with E-state index in [2.05, 4.69) is 20.3 Å². The zero-order chi connectivity index (χ0) is 14.7. The van der Waals surface area contributed by atoms with Crippen molar-refractivity contribution in [1.82, 2.24) is 19.7 Å². The first-order valence-corrected chi connectivity index (χ1v) is 6.63. The van der Waals surface area contributed by atoms with Crippen molar-refractivity contribution in [2.24, 2.45) is 10.9 Å². The van der Waals surface area contributed by atoms with Crippen molar-refractivity contribution < 1.29 is 5.21 Å². The minimum Gasteiger partial charge on any atom is -0.409 e. The van der Waals surface area contributed by atoms with Crippen molar-refractivity contribution in [3.05, 3.63) is 34.5 Å². The summed E-state index contributed by atoms with van der Waals surface area (Å²) in [6, 6.07) is 3.40. The van der Waals surface area contributed by atoms with Crippen molar-refractivity contribution >= 4 is 17.6 Å². The molecule has 0 aliphatic carbocycles. The number of aromatic nitrogens is 4. The van der Waals surface area contributed by atoms with E-state index in [1.54, 1.807) is 22.9 Å². The molecule has 0 aliphatic heterocycles. The van der Waals surface area contributed by atoms with Gasteiger partial charge in [0.05, 0.1) is 0 Å². The van der Waals surface area contributed by atoms with E-state index >= 15 is 0 Å². The standard InChI is InChI=1S/C11H14N6O2S/c1-6(2)17-10(18)14-15-11(17)20-7-3-4-13-8(5-7)9(12)16-19/h3-6,19H,1-2H3,(H2,12,16)(H,14,18). The predicted molar refractivity (Wildman–Crippen MR) is 74.1 cm³/mol. The Hall–Kier alpha value is -2.29. The number of aromatic amines is 1. The fourth-order valence-corrected chi connectivity index (χ4v) is 2.58. The van der Waals surface area contributed by atoms with Crippen molar-refractivity contribution in [2.75, 3.05) is 0 Å². The monoisotopic (exact) mass is 294 g/mol. The molecule has 0 unspecified atom stereocenters. The smallest absolute Gasteiger partial charge is 0.344 e. The lowest BCUT2D eigenvalue weighted by Gasteiger charge is -2.08. The highest BCUT2D eigenvalue weighted by Gasteiger charge is 2.13. The maximum Gasteiger partial charge on any atom is 0.344 e. The van der Waals surface area contributed by atoms with Gasteiger partial charge in [-0.3, -0.25) is 9.55 Å². The highest BCUT2D eigenvalue weighted by molar-refractivity contribution is 7.99. The first kappa shape index (κ1) is 14.1. The number of amidine groups is 1. The maximum atomic E-state index is 11.6. The molecule has 0 saturated heterocycles. The summed E-state index contributed by atoms with van der Waals surface area (Å²) in [5, 5.41) is 18.5. The average Bonchev–Trinajstić information content (AvgIpc) is 2.79.